The van der Waals surface area contributed by atoms with E-state index in [2.05, 4.69) is 16.7 Å². The molecule has 1 aromatic carbocycles. The molecule has 1 spiro atoms. The number of hydrogen-bond acceptors (Lipinski definition) is 2. The third-order valence-electron chi connectivity index (χ3n) is 4.05. The molecule has 0 bridgehead atoms. The maximum atomic E-state index is 12.0. The van der Waals surface area contributed by atoms with Gasteiger partial charge in [0.05, 0.1) is 5.54 Å². The number of urea groups is 1. The molecule has 2 aliphatic rings. The van der Waals surface area contributed by atoms with Gasteiger partial charge in [0.25, 0.3) is 0 Å². The number of nitrogens with zero attached hydrogens (tertiary/aromatic N) is 1. The average molecular weight is 231 g/mol. The van der Waals surface area contributed by atoms with Gasteiger partial charge < -0.3 is 15.5 Å². The number of anilines is 1. The minimum atomic E-state index is -0.121. The summed E-state index contributed by atoms with van der Waals surface area (Å²) in [6, 6.07) is 8.15. The molecule has 0 atom stereocenters. The highest BCUT2D eigenvalue weighted by atomic mass is 16.2. The SMILES string of the molecule is CN1C(=O)Nc2ccccc2C12CCNCC2. The van der Waals surface area contributed by atoms with Crippen LogP contribution in [0.5, 0.6) is 0 Å². The molecule has 0 aromatic heterocycles. The number of nitrogens with one attached hydrogen (secondary N) is 2. The number of piperidine rings is 1. The maximum absolute atomic E-state index is 12.0. The molecule has 2 N–H and O–H groups in total. The summed E-state index contributed by atoms with van der Waals surface area (Å²) in [4.78, 5) is 13.9. The van der Waals surface area contributed by atoms with E-state index in [0.29, 0.717) is 0 Å². The lowest BCUT2D eigenvalue weighted by Crippen LogP contribution is -2.56. The zero-order valence-corrected chi connectivity index (χ0v) is 9.99. The van der Waals surface area contributed by atoms with Crippen LogP contribution in [0.3, 0.4) is 0 Å². The van der Waals surface area contributed by atoms with Gasteiger partial charge in [-0.3, -0.25) is 0 Å². The van der Waals surface area contributed by atoms with Gasteiger partial charge in [-0.1, -0.05) is 18.2 Å². The Morgan fingerprint density at radius 3 is 2.71 bits per heavy atom. The van der Waals surface area contributed by atoms with E-state index in [-0.39, 0.29) is 11.6 Å². The monoisotopic (exact) mass is 231 g/mol. The fourth-order valence-corrected chi connectivity index (χ4v) is 3.02. The van der Waals surface area contributed by atoms with Crippen LogP contribution in [0.4, 0.5) is 10.5 Å². The molecular weight excluding hydrogens is 214 g/mol. The van der Waals surface area contributed by atoms with Crippen LogP contribution >= 0.6 is 0 Å². The van der Waals surface area contributed by atoms with Crippen LogP contribution in [0.1, 0.15) is 18.4 Å². The largest absolute Gasteiger partial charge is 0.322 e. The predicted molar refractivity (Wildman–Crippen MR) is 67.0 cm³/mol. The number of fused-ring (bicyclic) bond motifs is 2. The summed E-state index contributed by atoms with van der Waals surface area (Å²) in [6.45, 7) is 1.93. The van der Waals surface area contributed by atoms with Crippen molar-refractivity contribution in [3.8, 4) is 0 Å². The first-order valence-electron chi connectivity index (χ1n) is 6.09. The van der Waals surface area contributed by atoms with E-state index >= 15 is 0 Å². The van der Waals surface area contributed by atoms with E-state index in [1.54, 1.807) is 0 Å². The smallest absolute Gasteiger partial charge is 0.318 e. The normalized spacial score (nSPS) is 22.2. The van der Waals surface area contributed by atoms with Crippen molar-refractivity contribution in [2.75, 3.05) is 25.5 Å². The third kappa shape index (κ3) is 1.44. The van der Waals surface area contributed by atoms with Crippen LogP contribution in [-0.4, -0.2) is 31.1 Å². The zero-order valence-electron chi connectivity index (χ0n) is 9.99. The summed E-state index contributed by atoms with van der Waals surface area (Å²) in [7, 11) is 1.90. The van der Waals surface area contributed by atoms with E-state index in [1.807, 2.05) is 30.1 Å². The lowest BCUT2D eigenvalue weighted by Gasteiger charge is -2.48. The molecule has 0 aliphatic carbocycles. The highest BCUT2D eigenvalue weighted by Crippen LogP contribution is 2.42. The summed E-state index contributed by atoms with van der Waals surface area (Å²) in [5, 5.41) is 6.31. The summed E-state index contributed by atoms with van der Waals surface area (Å²) < 4.78 is 0. The Morgan fingerprint density at radius 1 is 1.24 bits per heavy atom. The molecular formula is C13H17N3O. The van der Waals surface area contributed by atoms with Gasteiger partial charge >= 0.3 is 6.03 Å². The summed E-state index contributed by atoms with van der Waals surface area (Å²) in [5.74, 6) is 0. The summed E-state index contributed by atoms with van der Waals surface area (Å²) in [6.07, 6.45) is 1.96. The van der Waals surface area contributed by atoms with Gasteiger partial charge in [0.1, 0.15) is 0 Å². The quantitative estimate of drug-likeness (QED) is 0.714. The number of rotatable bonds is 0. The van der Waals surface area contributed by atoms with E-state index in [4.69, 9.17) is 0 Å². The molecule has 0 unspecified atom stereocenters. The Morgan fingerprint density at radius 2 is 1.94 bits per heavy atom. The van der Waals surface area contributed by atoms with Crippen molar-refractivity contribution in [3.05, 3.63) is 29.8 Å². The molecule has 0 saturated carbocycles. The van der Waals surface area contributed by atoms with Crippen LogP contribution in [0.25, 0.3) is 0 Å². The van der Waals surface area contributed by atoms with Gasteiger partial charge in [-0.25, -0.2) is 4.79 Å². The van der Waals surface area contributed by atoms with Crippen LogP contribution in [0.2, 0.25) is 0 Å². The van der Waals surface area contributed by atoms with E-state index in [0.717, 1.165) is 31.6 Å². The van der Waals surface area contributed by atoms with Crippen molar-refractivity contribution in [2.24, 2.45) is 0 Å². The molecule has 90 valence electrons. The van der Waals surface area contributed by atoms with Gasteiger partial charge in [-0.15, -0.1) is 0 Å². The molecule has 17 heavy (non-hydrogen) atoms. The molecule has 4 heteroatoms. The molecule has 2 aliphatic heterocycles. The van der Waals surface area contributed by atoms with Crippen LogP contribution < -0.4 is 10.6 Å². The second kappa shape index (κ2) is 3.74. The number of hydrogen-bond donors (Lipinski definition) is 2. The average Bonchev–Trinajstić information content (AvgIpc) is 2.38. The molecule has 3 rings (SSSR count). The van der Waals surface area contributed by atoms with E-state index in [1.165, 1.54) is 5.56 Å². The summed E-state index contributed by atoms with van der Waals surface area (Å²) in [5.41, 5.74) is 2.10. The predicted octanol–water partition coefficient (Wildman–Crippen LogP) is 1.74. The van der Waals surface area contributed by atoms with Crippen LogP contribution in [-0.2, 0) is 5.54 Å². The topological polar surface area (TPSA) is 44.4 Å². The number of benzene rings is 1. The molecule has 2 amide bonds. The molecule has 1 aromatic rings. The van der Waals surface area contributed by atoms with Gasteiger partial charge in [-0.05, 0) is 32.0 Å². The van der Waals surface area contributed by atoms with Gasteiger partial charge in [-0.2, -0.15) is 0 Å². The lowest BCUT2D eigenvalue weighted by atomic mass is 9.78. The van der Waals surface area contributed by atoms with Crippen molar-refractivity contribution in [2.45, 2.75) is 18.4 Å². The highest BCUT2D eigenvalue weighted by Gasteiger charge is 2.44. The number of amides is 2. The van der Waals surface area contributed by atoms with Crippen molar-refractivity contribution < 1.29 is 4.79 Å². The Kier molecular flexibility index (Phi) is 2.33. The Balaban J connectivity index is 2.14. The first-order chi connectivity index (χ1) is 8.24. The van der Waals surface area contributed by atoms with Crippen molar-refractivity contribution in [1.82, 2.24) is 10.2 Å². The second-order valence-corrected chi connectivity index (χ2v) is 4.82. The fourth-order valence-electron chi connectivity index (χ4n) is 3.02. The van der Waals surface area contributed by atoms with Crippen molar-refractivity contribution >= 4 is 11.7 Å². The second-order valence-electron chi connectivity index (χ2n) is 4.82. The van der Waals surface area contributed by atoms with Gasteiger partial charge in [0, 0.05) is 18.3 Å². The zero-order chi connectivity index (χ0) is 11.9. The lowest BCUT2D eigenvalue weighted by molar-refractivity contribution is 0.106. The van der Waals surface area contributed by atoms with Crippen molar-refractivity contribution in [3.63, 3.8) is 0 Å². The standard InChI is InChI=1S/C13H17N3O/c1-16-12(17)15-11-5-3-2-4-10(11)13(16)6-8-14-9-7-13/h2-5,14H,6-9H2,1H3,(H,15,17). The van der Waals surface area contributed by atoms with E-state index < -0.39 is 0 Å². The number of para-hydroxylation sites is 1. The maximum Gasteiger partial charge on any atom is 0.322 e. The molecule has 4 nitrogen and oxygen atoms in total. The Bertz CT molecular complexity index is 452. The van der Waals surface area contributed by atoms with Crippen LogP contribution in [0, 0.1) is 0 Å². The third-order valence-corrected chi connectivity index (χ3v) is 4.05. The molecule has 2 heterocycles. The first kappa shape index (κ1) is 10.6. The Hall–Kier alpha value is -1.55. The minimum absolute atomic E-state index is 0.00519. The fraction of sp³-hybridized carbons (Fsp3) is 0.462. The van der Waals surface area contributed by atoms with Crippen LogP contribution in [0.15, 0.2) is 24.3 Å². The van der Waals surface area contributed by atoms with E-state index in [9.17, 15) is 4.79 Å². The summed E-state index contributed by atoms with van der Waals surface area (Å²) >= 11 is 0. The van der Waals surface area contributed by atoms with Crippen molar-refractivity contribution in [1.29, 1.82) is 0 Å². The minimum Gasteiger partial charge on any atom is -0.318 e. The van der Waals surface area contributed by atoms with Gasteiger partial charge in [0.15, 0.2) is 0 Å². The number of carbonyl (C=O) groups is 1. The molecule has 0 radical (unpaired) electrons. The van der Waals surface area contributed by atoms with Gasteiger partial charge in [0.2, 0.25) is 0 Å². The molecule has 1 fully saturated rings. The number of carbonyl (C=O) groups excluding carboxylic acids is 1. The first-order valence-corrected chi connectivity index (χ1v) is 6.09. The molecule has 1 saturated heterocycles. The Labute approximate surface area is 101 Å². The highest BCUT2D eigenvalue weighted by molar-refractivity contribution is 5.93.